The number of rotatable bonds is 3. The van der Waals surface area contributed by atoms with E-state index in [0.29, 0.717) is 11.3 Å². The molecule has 1 aromatic carbocycles. The van der Waals surface area contributed by atoms with Crippen molar-refractivity contribution in [3.63, 3.8) is 0 Å². The molecule has 0 saturated carbocycles. The molecule has 0 bridgehead atoms. The van der Waals surface area contributed by atoms with Crippen molar-refractivity contribution in [3.8, 4) is 5.75 Å². The topological polar surface area (TPSA) is 35.5 Å². The fourth-order valence-electron chi connectivity index (χ4n) is 1.42. The zero-order valence-corrected chi connectivity index (χ0v) is 14.0. The number of methoxy groups -OCH3 is 1. The summed E-state index contributed by atoms with van der Waals surface area (Å²) in [5, 5.41) is 0.0874. The average Bonchev–Trinajstić information content (AvgIpc) is 2.26. The molecule has 0 fully saturated rings. The van der Waals surface area contributed by atoms with Crippen LogP contribution in [0.3, 0.4) is 0 Å². The van der Waals surface area contributed by atoms with E-state index < -0.39 is 8.32 Å². The van der Waals surface area contributed by atoms with Crippen LogP contribution >= 0.6 is 0 Å². The molecule has 0 amide bonds. The van der Waals surface area contributed by atoms with Crippen molar-refractivity contribution in [1.82, 2.24) is 0 Å². The van der Waals surface area contributed by atoms with E-state index in [1.807, 2.05) is 19.1 Å². The molecule has 0 aromatic heterocycles. The van der Waals surface area contributed by atoms with Crippen LogP contribution in [0.5, 0.6) is 5.75 Å². The molecule has 106 valence electrons. The van der Waals surface area contributed by atoms with Crippen molar-refractivity contribution < 1.29 is 14.0 Å². The third kappa shape index (κ3) is 3.59. The zero-order valence-electron chi connectivity index (χ0n) is 13.0. The Morgan fingerprint density at radius 3 is 2.26 bits per heavy atom. The van der Waals surface area contributed by atoms with Gasteiger partial charge in [-0.3, -0.25) is 0 Å². The van der Waals surface area contributed by atoms with Crippen molar-refractivity contribution in [1.29, 1.82) is 0 Å². The van der Waals surface area contributed by atoms with Gasteiger partial charge >= 0.3 is 5.97 Å². The number of benzene rings is 1. The smallest absolute Gasteiger partial charge is 0.341 e. The lowest BCUT2D eigenvalue weighted by Gasteiger charge is -2.36. The molecule has 3 nitrogen and oxygen atoms in total. The van der Waals surface area contributed by atoms with Crippen molar-refractivity contribution in [3.05, 3.63) is 29.3 Å². The van der Waals surface area contributed by atoms with Crippen LogP contribution in [0.1, 0.15) is 36.7 Å². The molecule has 19 heavy (non-hydrogen) atoms. The molecule has 0 spiro atoms. The molecule has 0 radical (unpaired) electrons. The third-order valence-electron chi connectivity index (χ3n) is 3.71. The summed E-state index contributed by atoms with van der Waals surface area (Å²) < 4.78 is 11.1. The highest BCUT2D eigenvalue weighted by Crippen LogP contribution is 2.38. The molecule has 0 N–H and O–H groups in total. The van der Waals surface area contributed by atoms with Gasteiger partial charge in [0.05, 0.1) is 7.11 Å². The van der Waals surface area contributed by atoms with Crippen LogP contribution in [0.4, 0.5) is 0 Å². The number of hydrogen-bond acceptors (Lipinski definition) is 3. The van der Waals surface area contributed by atoms with E-state index in [1.165, 1.54) is 7.11 Å². The third-order valence-corrected chi connectivity index (χ3v) is 8.06. The maximum atomic E-state index is 11.8. The highest BCUT2D eigenvalue weighted by atomic mass is 28.4. The van der Waals surface area contributed by atoms with Gasteiger partial charge in [0.15, 0.2) is 0 Å². The standard InChI is InChI=1S/C15H24O3Si/c1-11-8-9-12(14(16)17-5)13(10-11)18-19(6,7)15(2,3)4/h8-10H,1-7H3. The fraction of sp³-hybridized carbons (Fsp3) is 0.533. The summed E-state index contributed by atoms with van der Waals surface area (Å²) in [5.74, 6) is 0.284. The SMILES string of the molecule is COC(=O)c1ccc(C)cc1O[Si](C)(C)C(C)(C)C. The number of carbonyl (C=O) groups is 1. The maximum Gasteiger partial charge on any atom is 0.341 e. The summed E-state index contributed by atoms with van der Waals surface area (Å²) in [6.07, 6.45) is 0. The first kappa shape index (κ1) is 15.8. The first-order valence-electron chi connectivity index (χ1n) is 6.46. The predicted molar refractivity (Wildman–Crippen MR) is 80.3 cm³/mol. The van der Waals surface area contributed by atoms with E-state index >= 15 is 0 Å². The molecule has 0 aliphatic carbocycles. The Kier molecular flexibility index (Phi) is 4.45. The summed E-state index contributed by atoms with van der Waals surface area (Å²) in [6.45, 7) is 12.8. The number of carbonyl (C=O) groups excluding carboxylic acids is 1. The lowest BCUT2D eigenvalue weighted by molar-refractivity contribution is 0.0598. The Balaban J connectivity index is 3.20. The van der Waals surface area contributed by atoms with E-state index in [2.05, 4.69) is 33.9 Å². The number of esters is 1. The second-order valence-corrected chi connectivity index (χ2v) is 11.1. The summed E-state index contributed by atoms with van der Waals surface area (Å²) in [4.78, 5) is 11.8. The first-order chi connectivity index (χ1) is 8.58. The lowest BCUT2D eigenvalue weighted by atomic mass is 10.1. The Morgan fingerprint density at radius 2 is 1.79 bits per heavy atom. The van der Waals surface area contributed by atoms with Gasteiger partial charge in [-0.2, -0.15) is 0 Å². The molecular weight excluding hydrogens is 256 g/mol. The molecule has 0 saturated heterocycles. The molecule has 0 unspecified atom stereocenters. The quantitative estimate of drug-likeness (QED) is 0.616. The zero-order chi connectivity index (χ0) is 14.8. The second-order valence-electron chi connectivity index (χ2n) is 6.35. The summed E-state index contributed by atoms with van der Waals surface area (Å²) in [6, 6.07) is 5.57. The van der Waals surface area contributed by atoms with Crippen LogP contribution in [0.25, 0.3) is 0 Å². The number of hydrogen-bond donors (Lipinski definition) is 0. The molecule has 0 aliphatic heterocycles. The van der Waals surface area contributed by atoms with Gasteiger partial charge in [-0.15, -0.1) is 0 Å². The second kappa shape index (κ2) is 5.37. The Bertz CT molecular complexity index is 473. The van der Waals surface area contributed by atoms with Crippen LogP contribution in [0.15, 0.2) is 18.2 Å². The maximum absolute atomic E-state index is 11.8. The van der Waals surface area contributed by atoms with Gasteiger partial charge in [0, 0.05) is 0 Å². The van der Waals surface area contributed by atoms with Gasteiger partial charge in [0.2, 0.25) is 0 Å². The molecule has 0 heterocycles. The molecule has 1 rings (SSSR count). The first-order valence-corrected chi connectivity index (χ1v) is 9.37. The van der Waals surface area contributed by atoms with Crippen LogP contribution in [-0.4, -0.2) is 21.4 Å². The molecular formula is C15H24O3Si. The monoisotopic (exact) mass is 280 g/mol. The van der Waals surface area contributed by atoms with E-state index in [1.54, 1.807) is 6.07 Å². The van der Waals surface area contributed by atoms with E-state index in [-0.39, 0.29) is 11.0 Å². The highest BCUT2D eigenvalue weighted by molar-refractivity contribution is 6.74. The van der Waals surface area contributed by atoms with Crippen molar-refractivity contribution in [2.24, 2.45) is 0 Å². The number of aryl methyl sites for hydroxylation is 1. The molecule has 0 atom stereocenters. The van der Waals surface area contributed by atoms with E-state index in [4.69, 9.17) is 9.16 Å². The van der Waals surface area contributed by atoms with Crippen LogP contribution in [0.2, 0.25) is 18.1 Å². The Morgan fingerprint density at radius 1 is 1.21 bits per heavy atom. The van der Waals surface area contributed by atoms with Crippen molar-refractivity contribution in [2.75, 3.05) is 7.11 Å². The minimum atomic E-state index is -1.97. The minimum absolute atomic E-state index is 0.0874. The largest absolute Gasteiger partial charge is 0.543 e. The van der Waals surface area contributed by atoms with Gasteiger partial charge in [-0.1, -0.05) is 26.8 Å². The highest BCUT2D eigenvalue weighted by Gasteiger charge is 2.39. The molecule has 0 aliphatic rings. The Hall–Kier alpha value is -1.29. The van der Waals surface area contributed by atoms with E-state index in [0.717, 1.165) is 5.56 Å². The van der Waals surface area contributed by atoms with Gasteiger partial charge in [-0.25, -0.2) is 4.79 Å². The van der Waals surface area contributed by atoms with Crippen molar-refractivity contribution >= 4 is 14.3 Å². The molecule has 1 aromatic rings. The summed E-state index contributed by atoms with van der Waals surface area (Å²) >= 11 is 0. The minimum Gasteiger partial charge on any atom is -0.543 e. The van der Waals surface area contributed by atoms with Gasteiger partial charge in [0.25, 0.3) is 8.32 Å². The fourth-order valence-corrected chi connectivity index (χ4v) is 2.45. The van der Waals surface area contributed by atoms with Gasteiger partial charge in [-0.05, 0) is 42.8 Å². The van der Waals surface area contributed by atoms with Gasteiger partial charge in [0.1, 0.15) is 11.3 Å². The lowest BCUT2D eigenvalue weighted by Crippen LogP contribution is -2.44. The average molecular weight is 280 g/mol. The summed E-state index contributed by atoms with van der Waals surface area (Å²) in [7, 11) is -0.579. The van der Waals surface area contributed by atoms with Gasteiger partial charge < -0.3 is 9.16 Å². The van der Waals surface area contributed by atoms with Crippen LogP contribution in [-0.2, 0) is 4.74 Å². The Labute approximate surface area is 117 Å². The predicted octanol–water partition coefficient (Wildman–Crippen LogP) is 4.17. The normalized spacial score (nSPS) is 12.2. The van der Waals surface area contributed by atoms with Crippen LogP contribution < -0.4 is 4.43 Å². The summed E-state index contributed by atoms with van der Waals surface area (Å²) in [5.41, 5.74) is 1.57. The van der Waals surface area contributed by atoms with Crippen LogP contribution in [0, 0.1) is 6.92 Å². The number of ether oxygens (including phenoxy) is 1. The molecule has 4 heteroatoms. The van der Waals surface area contributed by atoms with Crippen molar-refractivity contribution in [2.45, 2.75) is 45.8 Å². The van der Waals surface area contributed by atoms with E-state index in [9.17, 15) is 4.79 Å².